The molecule has 1 aromatic rings. The molecule has 1 atom stereocenters. The fourth-order valence-corrected chi connectivity index (χ4v) is 4.78. The van der Waals surface area contributed by atoms with Gasteiger partial charge in [-0.2, -0.15) is 4.57 Å². The number of rotatable bonds is 7. The SMILES string of the molecule is CCCCC([n+]1ccccc1)C(O)(P(=O)(O)O)P(=O)(O)O. The van der Waals surface area contributed by atoms with Gasteiger partial charge in [-0.05, 0) is 6.42 Å². The topological polar surface area (TPSA) is 139 Å². The monoisotopic (exact) mass is 340 g/mol. The van der Waals surface area contributed by atoms with Crippen LogP contribution in [0.4, 0.5) is 0 Å². The van der Waals surface area contributed by atoms with Crippen LogP contribution >= 0.6 is 15.2 Å². The van der Waals surface area contributed by atoms with Crippen molar-refractivity contribution in [2.45, 2.75) is 37.3 Å². The van der Waals surface area contributed by atoms with Crippen LogP contribution in [0.25, 0.3) is 0 Å². The molecular formula is C11H20NO7P2+. The van der Waals surface area contributed by atoms with Crippen molar-refractivity contribution >= 4 is 15.2 Å². The third-order valence-corrected chi connectivity index (χ3v) is 7.11. The highest BCUT2D eigenvalue weighted by Gasteiger charge is 2.68. The second kappa shape index (κ2) is 6.67. The summed E-state index contributed by atoms with van der Waals surface area (Å²) in [6.07, 6.45) is 3.89. The lowest BCUT2D eigenvalue weighted by Crippen LogP contribution is -2.52. The molecule has 1 rings (SSSR count). The summed E-state index contributed by atoms with van der Waals surface area (Å²) in [5, 5.41) is 6.82. The molecule has 1 aromatic heterocycles. The molecule has 1 unspecified atom stereocenters. The molecule has 0 saturated carbocycles. The van der Waals surface area contributed by atoms with Crippen molar-refractivity contribution < 1.29 is 38.4 Å². The van der Waals surface area contributed by atoms with Crippen molar-refractivity contribution in [2.75, 3.05) is 0 Å². The maximum Gasteiger partial charge on any atom is 0.376 e. The second-order valence-corrected chi connectivity index (χ2v) is 8.65. The van der Waals surface area contributed by atoms with Crippen LogP contribution in [0.1, 0.15) is 32.2 Å². The molecule has 0 bridgehead atoms. The average Bonchev–Trinajstić information content (AvgIpc) is 2.37. The lowest BCUT2D eigenvalue weighted by molar-refractivity contribution is -0.731. The number of hydrogen-bond donors (Lipinski definition) is 5. The van der Waals surface area contributed by atoms with E-state index in [9.17, 15) is 33.8 Å². The van der Waals surface area contributed by atoms with Gasteiger partial charge in [-0.15, -0.1) is 0 Å². The largest absolute Gasteiger partial charge is 0.376 e. The zero-order valence-electron chi connectivity index (χ0n) is 11.5. The Bertz CT molecular complexity index is 531. The molecule has 8 nitrogen and oxygen atoms in total. The molecule has 5 N–H and O–H groups in total. The van der Waals surface area contributed by atoms with Gasteiger partial charge in [0, 0.05) is 18.6 Å². The van der Waals surface area contributed by atoms with E-state index in [4.69, 9.17) is 0 Å². The summed E-state index contributed by atoms with van der Waals surface area (Å²) in [5.74, 6) is 0. The van der Waals surface area contributed by atoms with E-state index in [1.54, 1.807) is 18.2 Å². The van der Waals surface area contributed by atoms with Crippen LogP contribution in [0.3, 0.4) is 0 Å². The Morgan fingerprint density at radius 2 is 1.52 bits per heavy atom. The normalized spacial score (nSPS) is 15.0. The summed E-state index contributed by atoms with van der Waals surface area (Å²) < 4.78 is 24.4. The lowest BCUT2D eigenvalue weighted by Gasteiger charge is -2.32. The summed E-state index contributed by atoms with van der Waals surface area (Å²) in [6, 6.07) is 3.28. The summed E-state index contributed by atoms with van der Waals surface area (Å²) in [6.45, 7) is 1.82. The first-order valence-electron chi connectivity index (χ1n) is 6.35. The Morgan fingerprint density at radius 1 is 1.05 bits per heavy atom. The van der Waals surface area contributed by atoms with E-state index in [-0.39, 0.29) is 6.42 Å². The van der Waals surface area contributed by atoms with Gasteiger partial charge >= 0.3 is 20.3 Å². The highest BCUT2D eigenvalue weighted by atomic mass is 31.2. The van der Waals surface area contributed by atoms with Crippen molar-refractivity contribution in [3.63, 3.8) is 0 Å². The van der Waals surface area contributed by atoms with Crippen LogP contribution in [0.5, 0.6) is 0 Å². The Kier molecular flexibility index (Phi) is 5.86. The zero-order valence-corrected chi connectivity index (χ0v) is 13.3. The number of aromatic nitrogens is 1. The van der Waals surface area contributed by atoms with Crippen LogP contribution in [-0.2, 0) is 9.13 Å². The molecule has 0 aliphatic heterocycles. The van der Waals surface area contributed by atoms with Gasteiger partial charge in [-0.1, -0.05) is 19.4 Å². The molecule has 120 valence electrons. The van der Waals surface area contributed by atoms with Gasteiger partial charge in [0.2, 0.25) is 6.04 Å². The quantitative estimate of drug-likeness (QED) is 0.364. The lowest BCUT2D eigenvalue weighted by atomic mass is 10.1. The van der Waals surface area contributed by atoms with E-state index in [0.717, 1.165) is 0 Å². The molecule has 0 radical (unpaired) electrons. The third-order valence-electron chi connectivity index (χ3n) is 3.23. The van der Waals surface area contributed by atoms with Crippen LogP contribution in [0, 0.1) is 0 Å². The second-order valence-electron chi connectivity index (χ2n) is 4.76. The van der Waals surface area contributed by atoms with Crippen LogP contribution in [-0.4, -0.2) is 29.8 Å². The predicted octanol–water partition coefficient (Wildman–Crippen LogP) is 0.707. The number of unbranched alkanes of at least 4 members (excludes halogenated alkanes) is 1. The standard InChI is InChI=1S/C11H19NO7P2/c1-2-3-7-10(12-8-5-4-6-9-12)11(13,20(14,15)16)21(17,18)19/h4-6,8-10,13H,2-3,7H2,1H3,(H3-,14,15,16,17,18,19)/p+1. The fourth-order valence-electron chi connectivity index (χ4n) is 2.12. The molecule has 0 aliphatic carbocycles. The average molecular weight is 340 g/mol. The number of pyridine rings is 1. The highest BCUT2D eigenvalue weighted by molar-refractivity contribution is 7.72. The highest BCUT2D eigenvalue weighted by Crippen LogP contribution is 2.71. The maximum atomic E-state index is 11.6. The molecule has 0 aromatic carbocycles. The van der Waals surface area contributed by atoms with Crippen molar-refractivity contribution in [3.05, 3.63) is 30.6 Å². The summed E-state index contributed by atoms with van der Waals surface area (Å²) >= 11 is 0. The van der Waals surface area contributed by atoms with E-state index in [1.807, 2.05) is 6.92 Å². The molecule has 10 heteroatoms. The van der Waals surface area contributed by atoms with Crippen molar-refractivity contribution in [3.8, 4) is 0 Å². The van der Waals surface area contributed by atoms with Gasteiger partial charge in [0.25, 0.3) is 0 Å². The molecule has 0 saturated heterocycles. The molecule has 0 spiro atoms. The number of aliphatic hydroxyl groups is 1. The Labute approximate surface area is 122 Å². The van der Waals surface area contributed by atoms with E-state index >= 15 is 0 Å². The Morgan fingerprint density at radius 3 is 1.90 bits per heavy atom. The summed E-state index contributed by atoms with van der Waals surface area (Å²) in [4.78, 5) is 37.4. The number of hydrogen-bond acceptors (Lipinski definition) is 3. The third kappa shape index (κ3) is 3.79. The van der Waals surface area contributed by atoms with Crippen molar-refractivity contribution in [1.29, 1.82) is 0 Å². The smallest absolute Gasteiger partial charge is 0.362 e. The Balaban J connectivity index is 3.46. The van der Waals surface area contributed by atoms with E-state index in [1.165, 1.54) is 17.0 Å². The van der Waals surface area contributed by atoms with E-state index in [0.29, 0.717) is 12.8 Å². The van der Waals surface area contributed by atoms with E-state index in [2.05, 4.69) is 0 Å². The molecule has 0 fully saturated rings. The molecule has 0 aliphatic rings. The van der Waals surface area contributed by atoms with Crippen molar-refractivity contribution in [1.82, 2.24) is 0 Å². The van der Waals surface area contributed by atoms with Crippen molar-refractivity contribution in [2.24, 2.45) is 0 Å². The molecular weight excluding hydrogens is 320 g/mol. The van der Waals surface area contributed by atoms with Gasteiger partial charge < -0.3 is 24.7 Å². The first kappa shape index (κ1) is 18.5. The Hall–Kier alpha value is -0.590. The van der Waals surface area contributed by atoms with Crippen LogP contribution in [0.2, 0.25) is 0 Å². The van der Waals surface area contributed by atoms with E-state index < -0.39 is 26.3 Å². The summed E-state index contributed by atoms with van der Waals surface area (Å²) in [7, 11) is -11.0. The zero-order chi connectivity index (χ0) is 16.3. The van der Waals surface area contributed by atoms with Gasteiger partial charge in [0.1, 0.15) is 0 Å². The van der Waals surface area contributed by atoms with Gasteiger partial charge in [-0.3, -0.25) is 9.13 Å². The maximum absolute atomic E-state index is 11.6. The molecule has 21 heavy (non-hydrogen) atoms. The number of nitrogens with zero attached hydrogens (tertiary/aromatic N) is 1. The molecule has 0 amide bonds. The minimum Gasteiger partial charge on any atom is -0.362 e. The van der Waals surface area contributed by atoms with Gasteiger partial charge in [0.05, 0.1) is 0 Å². The minimum absolute atomic E-state index is 0.0118. The van der Waals surface area contributed by atoms with Crippen LogP contribution < -0.4 is 4.57 Å². The first-order chi connectivity index (χ1) is 9.55. The predicted molar refractivity (Wildman–Crippen MR) is 74.2 cm³/mol. The van der Waals surface area contributed by atoms with Crippen LogP contribution in [0.15, 0.2) is 30.6 Å². The van der Waals surface area contributed by atoms with Gasteiger partial charge in [0.15, 0.2) is 12.4 Å². The fraction of sp³-hybridized carbons (Fsp3) is 0.545. The minimum atomic E-state index is -5.50. The molecule has 1 heterocycles. The first-order valence-corrected chi connectivity index (χ1v) is 9.57. The van der Waals surface area contributed by atoms with Gasteiger partial charge in [-0.25, -0.2) is 0 Å². The summed E-state index contributed by atoms with van der Waals surface area (Å²) in [5.41, 5.74) is 0.